The van der Waals surface area contributed by atoms with E-state index in [4.69, 9.17) is 5.11 Å². The first-order chi connectivity index (χ1) is 9.92. The van der Waals surface area contributed by atoms with Gasteiger partial charge in [0.1, 0.15) is 10.7 Å². The summed E-state index contributed by atoms with van der Waals surface area (Å²) in [5, 5.41) is 9.51. The summed E-state index contributed by atoms with van der Waals surface area (Å²) in [6, 6.07) is 0. The fourth-order valence-electron chi connectivity index (χ4n) is 2.14. The SMILES string of the molecule is C=CCN(CC(=O)O)Cc1nc2sc(C)c(C)c2c(=O)[nH]1. The Hall–Kier alpha value is -1.99. The molecule has 0 aliphatic rings. The maximum Gasteiger partial charge on any atom is 0.317 e. The smallest absolute Gasteiger partial charge is 0.317 e. The summed E-state index contributed by atoms with van der Waals surface area (Å²) < 4.78 is 0. The van der Waals surface area contributed by atoms with Crippen LogP contribution in [-0.2, 0) is 11.3 Å². The molecule has 0 amide bonds. The first-order valence-corrected chi connectivity index (χ1v) is 7.28. The largest absolute Gasteiger partial charge is 0.480 e. The topological polar surface area (TPSA) is 86.3 Å². The maximum absolute atomic E-state index is 12.2. The van der Waals surface area contributed by atoms with Crippen LogP contribution in [0.25, 0.3) is 10.2 Å². The van der Waals surface area contributed by atoms with Crippen molar-refractivity contribution in [2.75, 3.05) is 13.1 Å². The predicted molar refractivity (Wildman–Crippen MR) is 82.8 cm³/mol. The second-order valence-corrected chi connectivity index (χ2v) is 6.03. The van der Waals surface area contributed by atoms with Gasteiger partial charge in [0, 0.05) is 11.4 Å². The number of hydrogen-bond donors (Lipinski definition) is 2. The van der Waals surface area contributed by atoms with Crippen LogP contribution < -0.4 is 5.56 Å². The third-order valence-corrected chi connectivity index (χ3v) is 4.31. The first-order valence-electron chi connectivity index (χ1n) is 6.46. The van der Waals surface area contributed by atoms with Crippen LogP contribution in [0.4, 0.5) is 0 Å². The number of aromatic nitrogens is 2. The minimum absolute atomic E-state index is 0.129. The summed E-state index contributed by atoms with van der Waals surface area (Å²) in [4.78, 5) is 33.6. The van der Waals surface area contributed by atoms with Crippen molar-refractivity contribution < 1.29 is 9.90 Å². The quantitative estimate of drug-likeness (QED) is 0.793. The number of aryl methyl sites for hydroxylation is 2. The highest BCUT2D eigenvalue weighted by Gasteiger charge is 2.14. The van der Waals surface area contributed by atoms with Crippen molar-refractivity contribution in [3.8, 4) is 0 Å². The highest BCUT2D eigenvalue weighted by Crippen LogP contribution is 2.25. The molecule has 0 fully saturated rings. The molecule has 2 aromatic rings. The lowest BCUT2D eigenvalue weighted by molar-refractivity contribution is -0.138. The second-order valence-electron chi connectivity index (χ2n) is 4.83. The number of thiophene rings is 1. The molecule has 21 heavy (non-hydrogen) atoms. The molecule has 6 nitrogen and oxygen atoms in total. The summed E-state index contributed by atoms with van der Waals surface area (Å²) in [6.07, 6.45) is 1.62. The molecule has 2 N–H and O–H groups in total. The summed E-state index contributed by atoms with van der Waals surface area (Å²) in [6.45, 7) is 8.01. The molecule has 0 aromatic carbocycles. The van der Waals surface area contributed by atoms with E-state index in [1.54, 1.807) is 11.0 Å². The molecule has 0 aliphatic carbocycles. The van der Waals surface area contributed by atoms with Gasteiger partial charge >= 0.3 is 5.97 Å². The maximum atomic E-state index is 12.2. The molecule has 0 spiro atoms. The lowest BCUT2D eigenvalue weighted by Gasteiger charge is -2.17. The Labute approximate surface area is 125 Å². The van der Waals surface area contributed by atoms with Gasteiger partial charge in [0.25, 0.3) is 5.56 Å². The second kappa shape index (κ2) is 6.19. The molecular weight excluding hydrogens is 290 g/mol. The van der Waals surface area contributed by atoms with Gasteiger partial charge in [-0.25, -0.2) is 4.98 Å². The van der Waals surface area contributed by atoms with Crippen LogP contribution in [-0.4, -0.2) is 39.0 Å². The first kappa shape index (κ1) is 15.4. The lowest BCUT2D eigenvalue weighted by atomic mass is 10.2. The van der Waals surface area contributed by atoms with Crippen LogP contribution in [0.2, 0.25) is 0 Å². The Bertz CT molecular complexity index is 748. The van der Waals surface area contributed by atoms with Crippen molar-refractivity contribution in [3.63, 3.8) is 0 Å². The van der Waals surface area contributed by atoms with E-state index in [1.807, 2.05) is 13.8 Å². The third-order valence-electron chi connectivity index (χ3n) is 3.21. The average molecular weight is 307 g/mol. The van der Waals surface area contributed by atoms with Gasteiger partial charge in [0.15, 0.2) is 0 Å². The number of nitrogens with one attached hydrogen (secondary N) is 1. The van der Waals surface area contributed by atoms with Crippen molar-refractivity contribution in [2.24, 2.45) is 0 Å². The van der Waals surface area contributed by atoms with E-state index < -0.39 is 5.97 Å². The number of H-pyrrole nitrogens is 1. The van der Waals surface area contributed by atoms with Crippen LogP contribution in [0, 0.1) is 13.8 Å². The standard InChI is InChI=1S/C14H17N3O3S/c1-4-5-17(7-11(18)19)6-10-15-13(20)12-8(2)9(3)21-14(12)16-10/h4H,1,5-7H2,2-3H3,(H,18,19)(H,15,16,20). The summed E-state index contributed by atoms with van der Waals surface area (Å²) >= 11 is 1.48. The molecule has 0 aliphatic heterocycles. The number of aliphatic carboxylic acids is 1. The number of hydrogen-bond acceptors (Lipinski definition) is 5. The number of rotatable bonds is 6. The number of carboxylic acids is 1. The fraction of sp³-hybridized carbons (Fsp3) is 0.357. The molecule has 0 saturated carbocycles. The van der Waals surface area contributed by atoms with Gasteiger partial charge in [-0.2, -0.15) is 0 Å². The van der Waals surface area contributed by atoms with Crippen molar-refractivity contribution in [3.05, 3.63) is 39.3 Å². The zero-order valence-electron chi connectivity index (χ0n) is 12.0. The summed E-state index contributed by atoms with van der Waals surface area (Å²) in [5.41, 5.74) is 0.773. The Morgan fingerprint density at radius 3 is 2.86 bits per heavy atom. The number of nitrogens with zero attached hydrogens (tertiary/aromatic N) is 2. The Balaban J connectivity index is 2.35. The van der Waals surface area contributed by atoms with Crippen LogP contribution >= 0.6 is 11.3 Å². The van der Waals surface area contributed by atoms with Gasteiger partial charge in [0.05, 0.1) is 18.5 Å². The zero-order valence-corrected chi connectivity index (χ0v) is 12.8. The van der Waals surface area contributed by atoms with Crippen LogP contribution in [0.5, 0.6) is 0 Å². The third kappa shape index (κ3) is 3.37. The number of fused-ring (bicyclic) bond motifs is 1. The van der Waals surface area contributed by atoms with Gasteiger partial charge in [-0.05, 0) is 19.4 Å². The highest BCUT2D eigenvalue weighted by atomic mass is 32.1. The Kier molecular flexibility index (Phi) is 4.54. The molecule has 0 radical (unpaired) electrons. The number of aromatic amines is 1. The molecular formula is C14H17N3O3S. The van der Waals surface area contributed by atoms with Crippen molar-refractivity contribution >= 4 is 27.5 Å². The Morgan fingerprint density at radius 2 is 2.24 bits per heavy atom. The molecule has 0 unspecified atom stereocenters. The highest BCUT2D eigenvalue weighted by molar-refractivity contribution is 7.18. The van der Waals surface area contributed by atoms with Crippen LogP contribution in [0.15, 0.2) is 17.4 Å². The van der Waals surface area contributed by atoms with Gasteiger partial charge in [-0.3, -0.25) is 14.5 Å². The average Bonchev–Trinajstić information content (AvgIpc) is 2.64. The van der Waals surface area contributed by atoms with Crippen LogP contribution in [0.1, 0.15) is 16.3 Å². The molecule has 0 atom stereocenters. The molecule has 112 valence electrons. The van der Waals surface area contributed by atoms with Gasteiger partial charge < -0.3 is 10.1 Å². The fourth-order valence-corrected chi connectivity index (χ4v) is 3.19. The molecule has 0 bridgehead atoms. The minimum atomic E-state index is -0.928. The van der Waals surface area contributed by atoms with E-state index in [0.717, 1.165) is 10.4 Å². The molecule has 2 rings (SSSR count). The monoisotopic (exact) mass is 307 g/mol. The van der Waals surface area contributed by atoms with E-state index in [2.05, 4.69) is 16.5 Å². The van der Waals surface area contributed by atoms with Crippen molar-refractivity contribution in [1.82, 2.24) is 14.9 Å². The van der Waals surface area contributed by atoms with E-state index in [1.165, 1.54) is 11.3 Å². The summed E-state index contributed by atoms with van der Waals surface area (Å²) in [7, 11) is 0. The molecule has 2 aromatic heterocycles. The van der Waals surface area contributed by atoms with E-state index in [0.29, 0.717) is 22.6 Å². The van der Waals surface area contributed by atoms with E-state index >= 15 is 0 Å². The van der Waals surface area contributed by atoms with Gasteiger partial charge in [0.2, 0.25) is 0 Å². The molecule has 2 heterocycles. The Morgan fingerprint density at radius 1 is 1.52 bits per heavy atom. The van der Waals surface area contributed by atoms with Crippen molar-refractivity contribution in [2.45, 2.75) is 20.4 Å². The minimum Gasteiger partial charge on any atom is -0.480 e. The van der Waals surface area contributed by atoms with E-state index in [9.17, 15) is 9.59 Å². The summed E-state index contributed by atoms with van der Waals surface area (Å²) in [5.74, 6) is -0.458. The van der Waals surface area contributed by atoms with Gasteiger partial charge in [-0.15, -0.1) is 17.9 Å². The normalized spacial score (nSPS) is 11.2. The predicted octanol–water partition coefficient (Wildman–Crippen LogP) is 1.67. The number of carboxylic acid groups (broad SMARTS) is 1. The molecule has 7 heteroatoms. The number of carbonyl (C=O) groups is 1. The van der Waals surface area contributed by atoms with Gasteiger partial charge in [-0.1, -0.05) is 6.08 Å². The zero-order chi connectivity index (χ0) is 15.6. The van der Waals surface area contributed by atoms with E-state index in [-0.39, 0.29) is 18.6 Å². The lowest BCUT2D eigenvalue weighted by Crippen LogP contribution is -2.31. The van der Waals surface area contributed by atoms with Crippen molar-refractivity contribution in [1.29, 1.82) is 0 Å². The van der Waals surface area contributed by atoms with Crippen LogP contribution in [0.3, 0.4) is 0 Å². The molecule has 0 saturated heterocycles.